The first-order valence-corrected chi connectivity index (χ1v) is 20.0. The van der Waals surface area contributed by atoms with Crippen molar-refractivity contribution in [1.82, 2.24) is 0 Å². The van der Waals surface area contributed by atoms with Gasteiger partial charge >= 0.3 is 8.80 Å². The third-order valence-electron chi connectivity index (χ3n) is 2.12. The molecule has 7 heteroatoms. The molecule has 0 aromatic carbocycles. The highest BCUT2D eigenvalue weighted by molar-refractivity contribution is 6.92. The third kappa shape index (κ3) is 11.7. The van der Waals surface area contributed by atoms with Crippen molar-refractivity contribution in [1.29, 1.82) is 0 Å². The van der Waals surface area contributed by atoms with Crippen LogP contribution < -0.4 is 0 Å². The van der Waals surface area contributed by atoms with E-state index in [4.69, 9.17) is 12.3 Å². The molecule has 0 radical (unpaired) electrons. The average molecular weight is 365 g/mol. The molecule has 0 bridgehead atoms. The van der Waals surface area contributed by atoms with Crippen LogP contribution in [-0.2, 0) is 12.3 Å². The maximum atomic E-state index is 6.54. The van der Waals surface area contributed by atoms with E-state index in [0.29, 0.717) is 0 Å². The van der Waals surface area contributed by atoms with Gasteiger partial charge in [0.2, 0.25) is 0 Å². The highest BCUT2D eigenvalue weighted by Gasteiger charge is 2.48. The van der Waals surface area contributed by atoms with E-state index in [1.54, 1.807) is 0 Å². The molecule has 0 aliphatic heterocycles. The quantitative estimate of drug-likeness (QED) is 0.514. The van der Waals surface area contributed by atoms with Gasteiger partial charge in [0.15, 0.2) is 25.0 Å². The van der Waals surface area contributed by atoms with Crippen molar-refractivity contribution in [2.24, 2.45) is 0 Å². The van der Waals surface area contributed by atoms with Gasteiger partial charge in [-0.3, -0.25) is 0 Å². The Morgan fingerprint density at radius 2 is 1.00 bits per heavy atom. The summed E-state index contributed by atoms with van der Waals surface area (Å²) in [5.41, 5.74) is 2.16. The highest BCUT2D eigenvalue weighted by Crippen LogP contribution is 2.26. The van der Waals surface area contributed by atoms with Gasteiger partial charge in [-0.25, -0.2) is 0 Å². The van der Waals surface area contributed by atoms with Gasteiger partial charge in [-0.2, -0.15) is 0 Å². The first-order valence-electron chi connectivity index (χ1n) is 7.96. The Balaban J connectivity index is 5.58. The smallest absolute Gasteiger partial charge is 0.414 e. The fraction of sp³-hybridized carbons (Fsp3) is 0.857. The van der Waals surface area contributed by atoms with Crippen LogP contribution >= 0.6 is 0 Å². The Hall–Kier alpha value is 0.488. The van der Waals surface area contributed by atoms with Crippen molar-refractivity contribution in [2.75, 3.05) is 0 Å². The van der Waals surface area contributed by atoms with Gasteiger partial charge in [-0.05, 0) is 71.0 Å². The summed E-state index contributed by atoms with van der Waals surface area (Å²) in [6.07, 6.45) is 4.38. The summed E-state index contributed by atoms with van der Waals surface area (Å²) in [5, 5.41) is 0. The molecule has 0 atom stereocenters. The Bertz CT molecular complexity index is 297. The molecule has 0 unspecified atom stereocenters. The van der Waals surface area contributed by atoms with Crippen molar-refractivity contribution >= 4 is 33.8 Å². The van der Waals surface area contributed by atoms with Gasteiger partial charge in [0.25, 0.3) is 0 Å². The molecule has 0 aliphatic carbocycles. The molecule has 0 aromatic rings. The minimum absolute atomic E-state index is 1.05. The Morgan fingerprint density at radius 3 is 1.24 bits per heavy atom. The van der Waals surface area contributed by atoms with Crippen LogP contribution in [0.4, 0.5) is 0 Å². The molecule has 0 fully saturated rings. The topological polar surface area (TPSA) is 27.7 Å². The zero-order chi connectivity index (χ0) is 16.9. The van der Waals surface area contributed by atoms with Crippen LogP contribution in [-0.4, -0.2) is 33.8 Å². The number of unbranched alkanes of at least 4 members (excludes halogenated alkanes) is 1. The lowest BCUT2D eigenvalue weighted by molar-refractivity contribution is 0.271. The lowest BCUT2D eigenvalue weighted by Crippen LogP contribution is -2.59. The highest BCUT2D eigenvalue weighted by atomic mass is 28.5. The molecule has 0 amide bonds. The summed E-state index contributed by atoms with van der Waals surface area (Å²) in [4.78, 5) is 0. The maximum Gasteiger partial charge on any atom is 0.497 e. The summed E-state index contributed by atoms with van der Waals surface area (Å²) >= 11 is 0. The Labute approximate surface area is 136 Å². The second-order valence-corrected chi connectivity index (χ2v) is 25.1. The van der Waals surface area contributed by atoms with Crippen LogP contribution in [0.5, 0.6) is 0 Å². The molecule has 0 aliphatic rings. The fourth-order valence-electron chi connectivity index (χ4n) is 1.84. The van der Waals surface area contributed by atoms with Gasteiger partial charge < -0.3 is 12.3 Å². The van der Waals surface area contributed by atoms with Crippen LogP contribution in [0.15, 0.2) is 11.8 Å². The average Bonchev–Trinajstić information content (AvgIpc) is 2.08. The molecular weight excluding hydrogens is 328 g/mol. The number of hydrogen-bond donors (Lipinski definition) is 0. The summed E-state index contributed by atoms with van der Waals surface area (Å²) in [5.74, 6) is 0. The van der Waals surface area contributed by atoms with Crippen molar-refractivity contribution in [3.63, 3.8) is 0 Å². The fourth-order valence-corrected chi connectivity index (χ4v) is 15.0. The molecule has 0 heterocycles. The van der Waals surface area contributed by atoms with Gasteiger partial charge in [0, 0.05) is 0 Å². The van der Waals surface area contributed by atoms with Crippen LogP contribution in [0.1, 0.15) is 19.8 Å². The molecule has 0 saturated heterocycles. The van der Waals surface area contributed by atoms with Crippen molar-refractivity contribution < 1.29 is 12.3 Å². The summed E-state index contributed by atoms with van der Waals surface area (Å²) in [7, 11) is -7.98. The largest absolute Gasteiger partial charge is 0.497 e. The van der Waals surface area contributed by atoms with Crippen LogP contribution in [0.3, 0.4) is 0 Å². The van der Waals surface area contributed by atoms with Gasteiger partial charge in [0.05, 0.1) is 0 Å². The van der Waals surface area contributed by atoms with E-state index in [-0.39, 0.29) is 0 Å². The number of rotatable bonds is 9. The molecule has 0 saturated carbocycles. The maximum absolute atomic E-state index is 6.54. The minimum Gasteiger partial charge on any atom is -0.414 e. The normalized spacial score (nSPS) is 15.0. The Morgan fingerprint density at radius 1 is 0.667 bits per heavy atom. The van der Waals surface area contributed by atoms with Gasteiger partial charge in [-0.1, -0.05) is 19.4 Å². The SMILES string of the molecule is CCCC=C[Si](O[Si](C)(C)C)(O[Si](C)(C)C)O[Si](C)(C)C. The summed E-state index contributed by atoms with van der Waals surface area (Å²) in [6.45, 7) is 22.1. The van der Waals surface area contributed by atoms with Crippen LogP contribution in [0, 0.1) is 0 Å². The van der Waals surface area contributed by atoms with Gasteiger partial charge in [0.1, 0.15) is 0 Å². The summed E-state index contributed by atoms with van der Waals surface area (Å²) < 4.78 is 19.6. The van der Waals surface area contributed by atoms with E-state index in [1.807, 2.05) is 0 Å². The second kappa shape index (κ2) is 7.85. The molecule has 21 heavy (non-hydrogen) atoms. The number of hydrogen-bond acceptors (Lipinski definition) is 3. The lowest BCUT2D eigenvalue weighted by atomic mass is 10.3. The third-order valence-corrected chi connectivity index (χ3v) is 13.5. The first kappa shape index (κ1) is 21.5. The Kier molecular flexibility index (Phi) is 8.03. The number of allylic oxidation sites excluding steroid dienone is 1. The van der Waals surface area contributed by atoms with E-state index >= 15 is 0 Å². The standard InChI is InChI=1S/C14H36O3Si4/c1-11-12-13-14-21(15-18(2,3)4,16-19(5,6)7)17-20(8,9)10/h13-14H,11-12H2,1-10H3. The molecule has 0 N–H and O–H groups in total. The molecule has 0 rings (SSSR count). The molecule has 0 aromatic heterocycles. The van der Waals surface area contributed by atoms with E-state index < -0.39 is 33.8 Å². The zero-order valence-corrected chi connectivity index (χ0v) is 19.8. The molecule has 126 valence electrons. The van der Waals surface area contributed by atoms with Crippen LogP contribution in [0.25, 0.3) is 0 Å². The van der Waals surface area contributed by atoms with Crippen molar-refractivity contribution in [3.05, 3.63) is 11.8 Å². The van der Waals surface area contributed by atoms with E-state index in [9.17, 15) is 0 Å². The van der Waals surface area contributed by atoms with Crippen molar-refractivity contribution in [2.45, 2.75) is 78.7 Å². The molecule has 0 spiro atoms. The van der Waals surface area contributed by atoms with Gasteiger partial charge in [-0.15, -0.1) is 0 Å². The predicted octanol–water partition coefficient (Wildman–Crippen LogP) is 5.38. The van der Waals surface area contributed by atoms with E-state index in [1.165, 1.54) is 0 Å². The van der Waals surface area contributed by atoms with E-state index in [2.05, 4.69) is 77.6 Å². The van der Waals surface area contributed by atoms with Crippen molar-refractivity contribution in [3.8, 4) is 0 Å². The zero-order valence-electron chi connectivity index (χ0n) is 15.8. The first-order chi connectivity index (χ1) is 9.18. The van der Waals surface area contributed by atoms with E-state index in [0.717, 1.165) is 12.8 Å². The second-order valence-electron chi connectivity index (χ2n) is 8.44. The predicted molar refractivity (Wildman–Crippen MR) is 103 cm³/mol. The minimum atomic E-state index is -2.73. The summed E-state index contributed by atoms with van der Waals surface area (Å²) in [6, 6.07) is 0. The monoisotopic (exact) mass is 364 g/mol. The molecule has 3 nitrogen and oxygen atoms in total. The lowest BCUT2D eigenvalue weighted by Gasteiger charge is -2.41. The van der Waals surface area contributed by atoms with Crippen LogP contribution in [0.2, 0.25) is 58.9 Å². The molecular formula is C14H36O3Si4.